The third kappa shape index (κ3) is 4.24. The van der Waals surface area contributed by atoms with Crippen LogP contribution in [-0.4, -0.2) is 33.6 Å². The molecule has 1 aromatic carbocycles. The van der Waals surface area contributed by atoms with Gasteiger partial charge in [-0.3, -0.25) is 19.0 Å². The third-order valence-corrected chi connectivity index (χ3v) is 7.15. The molecular weight excluding hydrogens is 434 g/mol. The number of amides is 1. The molecule has 1 N–H and O–H groups in total. The van der Waals surface area contributed by atoms with Crippen LogP contribution in [0.4, 0.5) is 5.69 Å². The summed E-state index contributed by atoms with van der Waals surface area (Å²) in [6.07, 6.45) is 0. The van der Waals surface area contributed by atoms with Gasteiger partial charge in [-0.25, -0.2) is 4.98 Å². The summed E-state index contributed by atoms with van der Waals surface area (Å²) < 4.78 is 7.03. The molecule has 2 aromatic heterocycles. The van der Waals surface area contributed by atoms with Gasteiger partial charge in [-0.15, -0.1) is 11.3 Å². The Morgan fingerprint density at radius 2 is 2.10 bits per heavy atom. The fourth-order valence-corrected chi connectivity index (χ4v) is 5.39. The fraction of sp³-hybridized carbons (Fsp3) is 0.364. The van der Waals surface area contributed by atoms with Crippen LogP contribution in [0, 0.1) is 19.8 Å². The predicted molar refractivity (Wildman–Crippen MR) is 124 cm³/mol. The largest absolute Gasteiger partial charge is 0.482 e. The van der Waals surface area contributed by atoms with Crippen molar-refractivity contribution in [1.29, 1.82) is 0 Å². The lowest BCUT2D eigenvalue weighted by Gasteiger charge is -2.18. The van der Waals surface area contributed by atoms with E-state index in [0.29, 0.717) is 38.9 Å². The maximum Gasteiger partial charge on any atom is 0.263 e. The second-order valence-corrected chi connectivity index (χ2v) is 10.1. The first-order valence-corrected chi connectivity index (χ1v) is 11.8. The second-order valence-electron chi connectivity index (χ2n) is 7.93. The molecule has 4 rings (SSSR count). The summed E-state index contributed by atoms with van der Waals surface area (Å²) in [6.45, 7) is 8.54. The number of hydrogen-bond acceptors (Lipinski definition) is 7. The van der Waals surface area contributed by atoms with E-state index < -0.39 is 0 Å². The highest BCUT2D eigenvalue weighted by Gasteiger charge is 2.20. The van der Waals surface area contributed by atoms with Crippen molar-refractivity contribution in [3.05, 3.63) is 44.6 Å². The Hall–Kier alpha value is -2.65. The topological polar surface area (TPSA) is 90.3 Å². The molecule has 162 valence electrons. The summed E-state index contributed by atoms with van der Waals surface area (Å²) in [6, 6.07) is 4.99. The molecule has 1 aliphatic heterocycles. The molecule has 7 nitrogen and oxygen atoms in total. The van der Waals surface area contributed by atoms with Crippen molar-refractivity contribution in [1.82, 2.24) is 9.55 Å². The van der Waals surface area contributed by atoms with E-state index >= 15 is 0 Å². The molecule has 0 bridgehead atoms. The molecule has 31 heavy (non-hydrogen) atoms. The van der Waals surface area contributed by atoms with Gasteiger partial charge in [0.25, 0.3) is 11.5 Å². The summed E-state index contributed by atoms with van der Waals surface area (Å²) in [5.74, 6) is 0.578. The van der Waals surface area contributed by atoms with Gasteiger partial charge in [-0.1, -0.05) is 25.6 Å². The molecule has 0 spiro atoms. The standard InChI is InChI=1S/C22H23N3O4S2/c1-11(2)8-25-21(28)19-12(3)13(4)31-20(19)24-22(25)30-10-16(26)14-5-6-17-15(7-14)23-18(27)9-29-17/h5-7,11H,8-10H2,1-4H3,(H,23,27). The lowest BCUT2D eigenvalue weighted by Crippen LogP contribution is -2.26. The van der Waals surface area contributed by atoms with E-state index in [4.69, 9.17) is 9.72 Å². The molecule has 1 aliphatic rings. The number of carbonyl (C=O) groups is 2. The van der Waals surface area contributed by atoms with Crippen LogP contribution < -0.4 is 15.6 Å². The molecule has 0 unspecified atom stereocenters. The summed E-state index contributed by atoms with van der Waals surface area (Å²) in [5, 5.41) is 3.94. The molecule has 3 heterocycles. The van der Waals surface area contributed by atoms with Crippen LogP contribution in [0.5, 0.6) is 5.75 Å². The number of aromatic nitrogens is 2. The maximum atomic E-state index is 13.2. The summed E-state index contributed by atoms with van der Waals surface area (Å²) in [7, 11) is 0. The predicted octanol–water partition coefficient (Wildman–Crippen LogP) is 4.04. The van der Waals surface area contributed by atoms with Crippen molar-refractivity contribution in [3.8, 4) is 5.75 Å². The van der Waals surface area contributed by atoms with Gasteiger partial charge in [0, 0.05) is 17.0 Å². The Morgan fingerprint density at radius 3 is 2.84 bits per heavy atom. The van der Waals surface area contributed by atoms with Crippen molar-refractivity contribution in [2.24, 2.45) is 5.92 Å². The van der Waals surface area contributed by atoms with Gasteiger partial charge >= 0.3 is 0 Å². The number of nitrogens with zero attached hydrogens (tertiary/aromatic N) is 2. The van der Waals surface area contributed by atoms with Crippen LogP contribution in [-0.2, 0) is 11.3 Å². The van der Waals surface area contributed by atoms with Crippen molar-refractivity contribution >= 4 is 50.7 Å². The minimum absolute atomic E-state index is 0.0284. The van der Waals surface area contributed by atoms with Gasteiger partial charge in [0.05, 0.1) is 16.8 Å². The number of benzene rings is 1. The smallest absolute Gasteiger partial charge is 0.263 e. The van der Waals surface area contributed by atoms with E-state index in [1.807, 2.05) is 27.7 Å². The number of nitrogens with one attached hydrogen (secondary N) is 1. The molecule has 0 saturated carbocycles. The number of carbonyl (C=O) groups excluding carboxylic acids is 2. The molecule has 0 saturated heterocycles. The minimum Gasteiger partial charge on any atom is -0.482 e. The van der Waals surface area contributed by atoms with E-state index in [1.54, 1.807) is 22.8 Å². The second kappa shape index (κ2) is 8.47. The average Bonchev–Trinajstić information content (AvgIpc) is 3.01. The van der Waals surface area contributed by atoms with E-state index in [1.165, 1.54) is 23.1 Å². The molecule has 0 aliphatic carbocycles. The Labute approximate surface area is 187 Å². The molecule has 0 fully saturated rings. The van der Waals surface area contributed by atoms with Crippen LogP contribution in [0.3, 0.4) is 0 Å². The zero-order valence-electron chi connectivity index (χ0n) is 17.8. The monoisotopic (exact) mass is 457 g/mol. The molecule has 9 heteroatoms. The number of hydrogen-bond donors (Lipinski definition) is 1. The molecular formula is C22H23N3O4S2. The van der Waals surface area contributed by atoms with Crippen molar-refractivity contribution in [3.63, 3.8) is 0 Å². The quantitative estimate of drug-likeness (QED) is 0.341. The molecule has 3 aromatic rings. The third-order valence-electron chi connectivity index (χ3n) is 5.07. The molecule has 0 atom stereocenters. The zero-order chi connectivity index (χ0) is 22.3. The highest BCUT2D eigenvalue weighted by atomic mass is 32.2. The van der Waals surface area contributed by atoms with Gasteiger partial charge in [0.15, 0.2) is 17.5 Å². The molecule has 0 radical (unpaired) electrons. The Balaban J connectivity index is 1.62. The Morgan fingerprint density at radius 1 is 1.32 bits per heavy atom. The summed E-state index contributed by atoms with van der Waals surface area (Å²) in [5.41, 5.74) is 1.89. The van der Waals surface area contributed by atoms with Gasteiger partial charge in [0.1, 0.15) is 10.6 Å². The molecule has 1 amide bonds. The lowest BCUT2D eigenvalue weighted by atomic mass is 10.1. The normalized spacial score (nSPS) is 13.3. The number of thiophene rings is 1. The number of rotatable bonds is 6. The first-order chi connectivity index (χ1) is 14.7. The van der Waals surface area contributed by atoms with Crippen molar-refractivity contribution in [2.45, 2.75) is 39.4 Å². The van der Waals surface area contributed by atoms with Crippen LogP contribution in [0.25, 0.3) is 10.2 Å². The summed E-state index contributed by atoms with van der Waals surface area (Å²) in [4.78, 5) is 44.1. The zero-order valence-corrected chi connectivity index (χ0v) is 19.4. The summed E-state index contributed by atoms with van der Waals surface area (Å²) >= 11 is 2.77. The first kappa shape index (κ1) is 21.6. The minimum atomic E-state index is -0.247. The SMILES string of the molecule is Cc1sc2nc(SCC(=O)c3ccc4c(c3)NC(=O)CO4)n(CC(C)C)c(=O)c2c1C. The number of thioether (sulfide) groups is 1. The number of Topliss-reactive ketones (excluding diaryl/α,β-unsaturated/α-hetero) is 1. The van der Waals surface area contributed by atoms with Crippen molar-refractivity contribution < 1.29 is 14.3 Å². The van der Waals surface area contributed by atoms with Crippen LogP contribution in [0.15, 0.2) is 28.2 Å². The number of ketones is 1. The van der Waals surface area contributed by atoms with E-state index in [9.17, 15) is 14.4 Å². The van der Waals surface area contributed by atoms with E-state index in [0.717, 1.165) is 10.4 Å². The van der Waals surface area contributed by atoms with Crippen LogP contribution >= 0.6 is 23.1 Å². The van der Waals surface area contributed by atoms with E-state index in [-0.39, 0.29) is 35.5 Å². The highest BCUT2D eigenvalue weighted by molar-refractivity contribution is 7.99. The van der Waals surface area contributed by atoms with Crippen molar-refractivity contribution in [2.75, 3.05) is 17.7 Å². The Bertz CT molecular complexity index is 1260. The fourth-order valence-electron chi connectivity index (χ4n) is 3.42. The number of fused-ring (bicyclic) bond motifs is 2. The van der Waals surface area contributed by atoms with Gasteiger partial charge in [-0.2, -0.15) is 0 Å². The number of ether oxygens (including phenoxy) is 1. The van der Waals surface area contributed by atoms with Crippen LogP contribution in [0.1, 0.15) is 34.6 Å². The van der Waals surface area contributed by atoms with Crippen LogP contribution in [0.2, 0.25) is 0 Å². The van der Waals surface area contributed by atoms with Gasteiger partial charge in [-0.05, 0) is 43.5 Å². The first-order valence-electron chi connectivity index (χ1n) is 9.97. The van der Waals surface area contributed by atoms with E-state index in [2.05, 4.69) is 5.32 Å². The highest BCUT2D eigenvalue weighted by Crippen LogP contribution is 2.31. The number of anilines is 1. The van der Waals surface area contributed by atoms with Gasteiger partial charge in [0.2, 0.25) is 0 Å². The average molecular weight is 458 g/mol. The number of aryl methyl sites for hydroxylation is 2. The maximum absolute atomic E-state index is 13.2. The lowest BCUT2D eigenvalue weighted by molar-refractivity contribution is -0.118. The van der Waals surface area contributed by atoms with Gasteiger partial charge < -0.3 is 10.1 Å². The Kier molecular flexibility index (Phi) is 5.90.